The minimum Gasteiger partial charge on any atom is -0.341 e. The zero-order chi connectivity index (χ0) is 19.8. The van der Waals surface area contributed by atoms with Crippen molar-refractivity contribution in [2.24, 2.45) is 7.05 Å². The van der Waals surface area contributed by atoms with Crippen LogP contribution in [0, 0.1) is 13.8 Å². The third kappa shape index (κ3) is 3.24. The summed E-state index contributed by atoms with van der Waals surface area (Å²) in [6.07, 6.45) is 4.80. The second-order valence-electron chi connectivity index (χ2n) is 7.29. The van der Waals surface area contributed by atoms with Gasteiger partial charge < -0.3 is 4.90 Å². The minimum absolute atomic E-state index is 0.105. The van der Waals surface area contributed by atoms with Gasteiger partial charge in [0.2, 0.25) is 5.91 Å². The molecule has 0 aliphatic rings. The van der Waals surface area contributed by atoms with Gasteiger partial charge in [0.05, 0.1) is 11.7 Å². The number of benzene rings is 1. The summed E-state index contributed by atoms with van der Waals surface area (Å²) >= 11 is 0. The summed E-state index contributed by atoms with van der Waals surface area (Å²) in [6.45, 7) is 4.62. The summed E-state index contributed by atoms with van der Waals surface area (Å²) in [5.41, 5.74) is 5.91. The molecule has 0 N–H and O–H groups in total. The van der Waals surface area contributed by atoms with Gasteiger partial charge in [-0.1, -0.05) is 12.1 Å². The number of hydrogen-bond acceptors (Lipinski definition) is 4. The molecular weight excluding hydrogens is 352 g/mol. The fraction of sp³-hybridized carbons (Fsp3) is 0.333. The smallest absolute Gasteiger partial charge is 0.222 e. The number of aryl methyl sites for hydroxylation is 3. The molecule has 0 aliphatic carbocycles. The molecule has 28 heavy (non-hydrogen) atoms. The van der Waals surface area contributed by atoms with Gasteiger partial charge in [0.15, 0.2) is 5.65 Å². The Morgan fingerprint density at radius 2 is 2.00 bits per heavy atom. The SMILES string of the molecule is Cc1nc2c3ccccc3nn2c(C)c1CCC(=O)N(C)Cc1cnn(C)c1. The number of carbonyl (C=O) groups is 1. The minimum atomic E-state index is 0.105. The van der Waals surface area contributed by atoms with Crippen LogP contribution in [0.4, 0.5) is 0 Å². The van der Waals surface area contributed by atoms with Crippen molar-refractivity contribution in [3.63, 3.8) is 0 Å². The Bertz CT molecular complexity index is 1170. The third-order valence-corrected chi connectivity index (χ3v) is 5.21. The molecule has 0 unspecified atom stereocenters. The second kappa shape index (κ2) is 7.07. The monoisotopic (exact) mass is 376 g/mol. The molecular formula is C21H24N6O. The molecule has 1 aromatic carbocycles. The molecule has 0 saturated heterocycles. The molecule has 4 aromatic rings. The first-order valence-corrected chi connectivity index (χ1v) is 9.39. The summed E-state index contributed by atoms with van der Waals surface area (Å²) in [7, 11) is 3.70. The lowest BCUT2D eigenvalue weighted by molar-refractivity contribution is -0.130. The van der Waals surface area contributed by atoms with Crippen molar-refractivity contribution in [3.8, 4) is 0 Å². The standard InChI is InChI=1S/C21H24N6O/c1-14-17(9-10-20(28)25(3)12-16-11-22-26(4)13-16)15(2)27-21(23-14)18-7-5-6-8-19(18)24-27/h5-8,11,13H,9-10,12H2,1-4H3. The van der Waals surface area contributed by atoms with Crippen LogP contribution in [0.5, 0.6) is 0 Å². The van der Waals surface area contributed by atoms with Crippen LogP contribution in [-0.2, 0) is 24.8 Å². The lowest BCUT2D eigenvalue weighted by Gasteiger charge is -2.17. The van der Waals surface area contributed by atoms with Gasteiger partial charge in [-0.25, -0.2) is 9.50 Å². The molecule has 3 aromatic heterocycles. The number of amides is 1. The number of fused-ring (bicyclic) bond motifs is 3. The van der Waals surface area contributed by atoms with Gasteiger partial charge in [0, 0.05) is 55.6 Å². The van der Waals surface area contributed by atoms with Gasteiger partial charge in [0.25, 0.3) is 0 Å². The molecule has 1 amide bonds. The second-order valence-corrected chi connectivity index (χ2v) is 7.29. The highest BCUT2D eigenvalue weighted by atomic mass is 16.2. The van der Waals surface area contributed by atoms with E-state index >= 15 is 0 Å². The first-order chi connectivity index (χ1) is 13.4. The van der Waals surface area contributed by atoms with Crippen LogP contribution in [0.15, 0.2) is 36.7 Å². The molecule has 0 saturated carbocycles. The van der Waals surface area contributed by atoms with Crippen molar-refractivity contribution >= 4 is 22.5 Å². The van der Waals surface area contributed by atoms with Crippen LogP contribution in [-0.4, -0.2) is 42.2 Å². The predicted octanol–water partition coefficient (Wildman–Crippen LogP) is 2.82. The number of hydrogen-bond donors (Lipinski definition) is 0. The summed E-state index contributed by atoms with van der Waals surface area (Å²) in [4.78, 5) is 19.1. The molecule has 7 heteroatoms. The van der Waals surface area contributed by atoms with Crippen molar-refractivity contribution in [2.45, 2.75) is 33.2 Å². The zero-order valence-electron chi connectivity index (χ0n) is 16.7. The van der Waals surface area contributed by atoms with Crippen LogP contribution in [0.25, 0.3) is 16.6 Å². The van der Waals surface area contributed by atoms with Crippen LogP contribution >= 0.6 is 0 Å². The van der Waals surface area contributed by atoms with Crippen molar-refractivity contribution in [1.82, 2.24) is 29.3 Å². The van der Waals surface area contributed by atoms with Gasteiger partial charge in [-0.15, -0.1) is 0 Å². The molecule has 0 radical (unpaired) electrons. The van der Waals surface area contributed by atoms with E-state index in [0.717, 1.165) is 39.1 Å². The van der Waals surface area contributed by atoms with E-state index in [1.54, 1.807) is 15.8 Å². The highest BCUT2D eigenvalue weighted by Crippen LogP contribution is 2.23. The Labute approximate surface area is 163 Å². The molecule has 0 atom stereocenters. The summed E-state index contributed by atoms with van der Waals surface area (Å²) in [5.74, 6) is 0.105. The Kier molecular flexibility index (Phi) is 4.58. The summed E-state index contributed by atoms with van der Waals surface area (Å²) in [6, 6.07) is 8.02. The molecule has 4 rings (SSSR count). The Morgan fingerprint density at radius 1 is 1.21 bits per heavy atom. The summed E-state index contributed by atoms with van der Waals surface area (Å²) < 4.78 is 3.64. The summed E-state index contributed by atoms with van der Waals surface area (Å²) in [5, 5.41) is 9.89. The van der Waals surface area contributed by atoms with Crippen LogP contribution < -0.4 is 0 Å². The van der Waals surface area contributed by atoms with E-state index in [0.29, 0.717) is 19.4 Å². The van der Waals surface area contributed by atoms with E-state index in [1.165, 1.54) is 0 Å². The number of carbonyl (C=O) groups excluding carboxylic acids is 1. The van der Waals surface area contributed by atoms with Crippen LogP contribution in [0.1, 0.15) is 28.9 Å². The topological polar surface area (TPSA) is 68.3 Å². The first kappa shape index (κ1) is 18.2. The molecule has 144 valence electrons. The number of aromatic nitrogens is 5. The Morgan fingerprint density at radius 3 is 2.75 bits per heavy atom. The van der Waals surface area contributed by atoms with E-state index in [4.69, 9.17) is 4.98 Å². The highest BCUT2D eigenvalue weighted by molar-refractivity contribution is 5.92. The molecule has 7 nitrogen and oxygen atoms in total. The van der Waals surface area contributed by atoms with E-state index in [-0.39, 0.29) is 5.91 Å². The maximum Gasteiger partial charge on any atom is 0.222 e. The van der Waals surface area contributed by atoms with Crippen molar-refractivity contribution in [2.75, 3.05) is 7.05 Å². The molecule has 0 aliphatic heterocycles. The Hall–Kier alpha value is -3.22. The zero-order valence-corrected chi connectivity index (χ0v) is 16.7. The maximum atomic E-state index is 12.6. The molecule has 0 bridgehead atoms. The van der Waals surface area contributed by atoms with Gasteiger partial charge in [-0.3, -0.25) is 9.48 Å². The molecule has 0 fully saturated rings. The lowest BCUT2D eigenvalue weighted by Crippen LogP contribution is -2.26. The number of nitrogens with zero attached hydrogens (tertiary/aromatic N) is 6. The Balaban J connectivity index is 1.54. The molecule has 0 spiro atoms. The van der Waals surface area contributed by atoms with E-state index < -0.39 is 0 Å². The first-order valence-electron chi connectivity index (χ1n) is 9.39. The maximum absolute atomic E-state index is 12.6. The van der Waals surface area contributed by atoms with Crippen LogP contribution in [0.2, 0.25) is 0 Å². The van der Waals surface area contributed by atoms with Crippen molar-refractivity contribution < 1.29 is 4.79 Å². The highest BCUT2D eigenvalue weighted by Gasteiger charge is 2.16. The average molecular weight is 376 g/mol. The number of rotatable bonds is 5. The van der Waals surface area contributed by atoms with Gasteiger partial charge >= 0.3 is 0 Å². The van der Waals surface area contributed by atoms with Crippen LogP contribution in [0.3, 0.4) is 0 Å². The fourth-order valence-electron chi connectivity index (χ4n) is 3.68. The molecule has 3 heterocycles. The quantitative estimate of drug-likeness (QED) is 0.537. The van der Waals surface area contributed by atoms with Gasteiger partial charge in [-0.2, -0.15) is 10.2 Å². The van der Waals surface area contributed by atoms with Gasteiger partial charge in [0.1, 0.15) is 0 Å². The van der Waals surface area contributed by atoms with E-state index in [9.17, 15) is 4.79 Å². The van der Waals surface area contributed by atoms with Crippen molar-refractivity contribution in [1.29, 1.82) is 0 Å². The van der Waals surface area contributed by atoms with E-state index in [1.807, 2.05) is 62.9 Å². The van der Waals surface area contributed by atoms with E-state index in [2.05, 4.69) is 10.2 Å². The third-order valence-electron chi connectivity index (χ3n) is 5.21. The van der Waals surface area contributed by atoms with Gasteiger partial charge in [-0.05, 0) is 38.0 Å². The lowest BCUT2D eigenvalue weighted by atomic mass is 10.1. The predicted molar refractivity (Wildman–Crippen MR) is 108 cm³/mol. The average Bonchev–Trinajstić information content (AvgIpc) is 3.25. The van der Waals surface area contributed by atoms with Crippen molar-refractivity contribution in [3.05, 3.63) is 59.2 Å². The fourth-order valence-corrected chi connectivity index (χ4v) is 3.68. The normalized spacial score (nSPS) is 11.4. The largest absolute Gasteiger partial charge is 0.341 e.